The van der Waals surface area contributed by atoms with E-state index in [-0.39, 0.29) is 11.4 Å². The van der Waals surface area contributed by atoms with E-state index < -0.39 is 0 Å². The van der Waals surface area contributed by atoms with E-state index in [1.165, 1.54) is 0 Å². The van der Waals surface area contributed by atoms with Crippen LogP contribution in [-0.2, 0) is 11.2 Å². The number of carbonyl (C=O) groups is 1. The van der Waals surface area contributed by atoms with Crippen molar-refractivity contribution in [1.82, 2.24) is 4.90 Å². The average molecular weight is 236 g/mol. The predicted molar refractivity (Wildman–Crippen MR) is 65.4 cm³/mol. The van der Waals surface area contributed by atoms with Crippen molar-refractivity contribution in [2.45, 2.75) is 38.1 Å². The number of aryl methyl sites for hydroxylation is 1. The average Bonchev–Trinajstić information content (AvgIpc) is 2.75. The summed E-state index contributed by atoms with van der Waals surface area (Å²) in [6, 6.07) is 3.74. The third kappa shape index (κ3) is 2.88. The van der Waals surface area contributed by atoms with Crippen LogP contribution in [0.1, 0.15) is 31.9 Å². The van der Waals surface area contributed by atoms with E-state index in [0.29, 0.717) is 25.9 Å². The van der Waals surface area contributed by atoms with Crippen molar-refractivity contribution in [3.63, 3.8) is 0 Å². The molecule has 1 aromatic heterocycles. The van der Waals surface area contributed by atoms with Gasteiger partial charge < -0.3 is 15.1 Å². The van der Waals surface area contributed by atoms with E-state index in [4.69, 9.17) is 10.2 Å². The Kier molecular flexibility index (Phi) is 3.52. The van der Waals surface area contributed by atoms with Crippen molar-refractivity contribution in [2.75, 3.05) is 13.1 Å². The van der Waals surface area contributed by atoms with Crippen LogP contribution in [0.15, 0.2) is 22.8 Å². The Labute approximate surface area is 102 Å². The Morgan fingerprint density at radius 3 is 2.94 bits per heavy atom. The molecule has 4 heteroatoms. The fourth-order valence-corrected chi connectivity index (χ4v) is 2.39. The van der Waals surface area contributed by atoms with Crippen molar-refractivity contribution in [3.05, 3.63) is 24.2 Å². The van der Waals surface area contributed by atoms with Crippen molar-refractivity contribution >= 4 is 5.91 Å². The smallest absolute Gasteiger partial charge is 0.223 e. The van der Waals surface area contributed by atoms with Crippen LogP contribution in [-0.4, -0.2) is 29.4 Å². The number of amides is 1. The van der Waals surface area contributed by atoms with Gasteiger partial charge in [-0.2, -0.15) is 0 Å². The summed E-state index contributed by atoms with van der Waals surface area (Å²) in [5, 5.41) is 0. The molecule has 17 heavy (non-hydrogen) atoms. The lowest BCUT2D eigenvalue weighted by atomic mass is 9.86. The summed E-state index contributed by atoms with van der Waals surface area (Å²) < 4.78 is 5.20. The lowest BCUT2D eigenvalue weighted by Gasteiger charge is -2.48. The number of nitrogens with two attached hydrogens (primary N) is 1. The molecule has 2 heterocycles. The number of furan rings is 1. The van der Waals surface area contributed by atoms with Gasteiger partial charge in [0.2, 0.25) is 5.91 Å². The third-order valence-corrected chi connectivity index (χ3v) is 3.28. The van der Waals surface area contributed by atoms with E-state index in [1.807, 2.05) is 17.0 Å². The minimum Gasteiger partial charge on any atom is -0.469 e. The number of hydrogen-bond acceptors (Lipinski definition) is 3. The number of hydrogen-bond donors (Lipinski definition) is 1. The largest absolute Gasteiger partial charge is 0.469 e. The van der Waals surface area contributed by atoms with Gasteiger partial charge in [-0.3, -0.25) is 4.79 Å². The Hall–Kier alpha value is -1.29. The van der Waals surface area contributed by atoms with Gasteiger partial charge in [0.1, 0.15) is 5.76 Å². The van der Waals surface area contributed by atoms with Crippen LogP contribution in [0.25, 0.3) is 0 Å². The number of carbonyl (C=O) groups excluding carboxylic acids is 1. The second-order valence-corrected chi connectivity index (χ2v) is 4.94. The normalized spacial score (nSPS) is 17.9. The predicted octanol–water partition coefficient (Wildman–Crippen LogP) is 1.55. The molecule has 1 amide bonds. The minimum absolute atomic E-state index is 0.130. The lowest BCUT2D eigenvalue weighted by Crippen LogP contribution is -2.68. The Bertz CT molecular complexity index is 367. The van der Waals surface area contributed by atoms with E-state index in [1.54, 1.807) is 6.26 Å². The molecule has 2 rings (SSSR count). The maximum absolute atomic E-state index is 11.8. The zero-order valence-electron chi connectivity index (χ0n) is 10.3. The molecule has 0 saturated carbocycles. The lowest BCUT2D eigenvalue weighted by molar-refractivity contribution is -0.138. The molecule has 0 bridgehead atoms. The first-order valence-corrected chi connectivity index (χ1v) is 6.22. The molecule has 0 radical (unpaired) electrons. The summed E-state index contributed by atoms with van der Waals surface area (Å²) in [7, 11) is 0. The highest BCUT2D eigenvalue weighted by molar-refractivity contribution is 5.77. The molecular weight excluding hydrogens is 216 g/mol. The molecule has 1 aliphatic rings. The molecule has 1 saturated heterocycles. The van der Waals surface area contributed by atoms with Gasteiger partial charge in [0.15, 0.2) is 0 Å². The molecule has 0 atom stereocenters. The van der Waals surface area contributed by atoms with Gasteiger partial charge >= 0.3 is 0 Å². The maximum atomic E-state index is 11.8. The molecule has 0 spiro atoms. The zero-order chi connectivity index (χ0) is 12.3. The third-order valence-electron chi connectivity index (χ3n) is 3.28. The number of rotatable bonds is 5. The number of nitrogens with zero attached hydrogens (tertiary/aromatic N) is 1. The van der Waals surface area contributed by atoms with Crippen molar-refractivity contribution in [1.29, 1.82) is 0 Å². The van der Waals surface area contributed by atoms with Crippen LogP contribution in [0.2, 0.25) is 0 Å². The van der Waals surface area contributed by atoms with Gasteiger partial charge in [-0.1, -0.05) is 13.3 Å². The van der Waals surface area contributed by atoms with Gasteiger partial charge in [0.05, 0.1) is 11.8 Å². The summed E-state index contributed by atoms with van der Waals surface area (Å²) >= 11 is 0. The second kappa shape index (κ2) is 4.92. The fourth-order valence-electron chi connectivity index (χ4n) is 2.39. The van der Waals surface area contributed by atoms with Gasteiger partial charge in [-0.05, 0) is 18.6 Å². The van der Waals surface area contributed by atoms with E-state index in [2.05, 4.69) is 6.92 Å². The molecule has 1 aliphatic heterocycles. The molecule has 0 aliphatic carbocycles. The molecular formula is C13H20N2O2. The summed E-state index contributed by atoms with van der Waals surface area (Å²) in [4.78, 5) is 13.7. The minimum atomic E-state index is -0.130. The fraction of sp³-hybridized carbons (Fsp3) is 0.615. The first-order chi connectivity index (χ1) is 8.13. The first-order valence-electron chi connectivity index (χ1n) is 6.22. The zero-order valence-corrected chi connectivity index (χ0v) is 10.3. The summed E-state index contributed by atoms with van der Waals surface area (Å²) in [5.41, 5.74) is 5.99. The number of likely N-dealkylation sites (tertiary alicyclic amines) is 1. The molecule has 94 valence electrons. The van der Waals surface area contributed by atoms with Gasteiger partial charge in [-0.15, -0.1) is 0 Å². The molecule has 4 nitrogen and oxygen atoms in total. The second-order valence-electron chi connectivity index (χ2n) is 4.94. The highest BCUT2D eigenvalue weighted by Gasteiger charge is 2.40. The molecule has 2 N–H and O–H groups in total. The van der Waals surface area contributed by atoms with Gasteiger partial charge in [0, 0.05) is 25.9 Å². The Balaban J connectivity index is 1.72. The molecule has 0 aromatic carbocycles. The van der Waals surface area contributed by atoms with Crippen molar-refractivity contribution in [2.24, 2.45) is 5.73 Å². The highest BCUT2D eigenvalue weighted by Crippen LogP contribution is 2.24. The summed E-state index contributed by atoms with van der Waals surface area (Å²) in [5.74, 6) is 1.05. The standard InChI is InChI=1S/C13H20N2O2/c1-2-7-13(14)9-15(10-13)12(16)6-5-11-4-3-8-17-11/h3-4,8H,2,5-7,9-10,14H2,1H3. The van der Waals surface area contributed by atoms with Crippen molar-refractivity contribution < 1.29 is 9.21 Å². The van der Waals surface area contributed by atoms with Crippen LogP contribution < -0.4 is 5.73 Å². The quantitative estimate of drug-likeness (QED) is 0.843. The van der Waals surface area contributed by atoms with Crippen LogP contribution in [0, 0.1) is 0 Å². The van der Waals surface area contributed by atoms with E-state index in [0.717, 1.165) is 18.6 Å². The Morgan fingerprint density at radius 2 is 2.35 bits per heavy atom. The highest BCUT2D eigenvalue weighted by atomic mass is 16.3. The molecule has 0 unspecified atom stereocenters. The van der Waals surface area contributed by atoms with Crippen LogP contribution >= 0.6 is 0 Å². The molecule has 1 aromatic rings. The first kappa shape index (κ1) is 12.2. The summed E-state index contributed by atoms with van der Waals surface area (Å²) in [6.07, 6.45) is 4.89. The topological polar surface area (TPSA) is 59.5 Å². The van der Waals surface area contributed by atoms with Gasteiger partial charge in [-0.25, -0.2) is 0 Å². The maximum Gasteiger partial charge on any atom is 0.223 e. The van der Waals surface area contributed by atoms with Crippen molar-refractivity contribution in [3.8, 4) is 0 Å². The SMILES string of the molecule is CCCC1(N)CN(C(=O)CCc2ccco2)C1. The van der Waals surface area contributed by atoms with E-state index in [9.17, 15) is 4.79 Å². The van der Waals surface area contributed by atoms with Crippen LogP contribution in [0.5, 0.6) is 0 Å². The van der Waals surface area contributed by atoms with Crippen LogP contribution in [0.3, 0.4) is 0 Å². The Morgan fingerprint density at radius 1 is 1.59 bits per heavy atom. The van der Waals surface area contributed by atoms with E-state index >= 15 is 0 Å². The monoisotopic (exact) mass is 236 g/mol. The van der Waals surface area contributed by atoms with Gasteiger partial charge in [0.25, 0.3) is 0 Å². The van der Waals surface area contributed by atoms with Crippen LogP contribution in [0.4, 0.5) is 0 Å². The summed E-state index contributed by atoms with van der Waals surface area (Å²) in [6.45, 7) is 3.53. The molecule has 1 fully saturated rings.